The summed E-state index contributed by atoms with van der Waals surface area (Å²) in [5.74, 6) is 0.228. The first-order valence-corrected chi connectivity index (χ1v) is 7.07. The summed E-state index contributed by atoms with van der Waals surface area (Å²) in [5, 5.41) is 11.8. The van der Waals surface area contributed by atoms with Gasteiger partial charge in [-0.1, -0.05) is 27.7 Å². The van der Waals surface area contributed by atoms with E-state index >= 15 is 0 Å². The predicted molar refractivity (Wildman–Crippen MR) is 73.9 cm³/mol. The Morgan fingerprint density at radius 1 is 1.26 bits per heavy atom. The molecule has 0 spiro atoms. The molecule has 0 aliphatic carbocycles. The molecule has 19 heavy (non-hydrogen) atoms. The van der Waals surface area contributed by atoms with E-state index in [4.69, 9.17) is 5.11 Å². The van der Waals surface area contributed by atoms with Gasteiger partial charge < -0.3 is 15.3 Å². The maximum absolute atomic E-state index is 12.1. The number of hydrogen-bond acceptors (Lipinski definition) is 2. The zero-order valence-corrected chi connectivity index (χ0v) is 12.3. The number of aliphatic carboxylic acids is 1. The molecule has 0 radical (unpaired) electrons. The fourth-order valence-corrected chi connectivity index (χ4v) is 2.76. The van der Waals surface area contributed by atoms with Crippen LogP contribution in [-0.4, -0.2) is 41.1 Å². The number of piperidine rings is 1. The van der Waals surface area contributed by atoms with E-state index in [2.05, 4.69) is 19.2 Å². The zero-order chi connectivity index (χ0) is 14.6. The lowest BCUT2D eigenvalue weighted by Crippen LogP contribution is -2.52. The van der Waals surface area contributed by atoms with Crippen LogP contribution in [0, 0.1) is 17.8 Å². The van der Waals surface area contributed by atoms with Gasteiger partial charge in [-0.3, -0.25) is 0 Å². The van der Waals surface area contributed by atoms with Crippen LogP contribution in [0.25, 0.3) is 0 Å². The van der Waals surface area contributed by atoms with Crippen LogP contribution in [0.5, 0.6) is 0 Å². The number of carbonyl (C=O) groups excluding carboxylic acids is 1. The van der Waals surface area contributed by atoms with Gasteiger partial charge in [0.25, 0.3) is 0 Å². The fraction of sp³-hybridized carbons (Fsp3) is 0.857. The molecule has 1 heterocycles. The van der Waals surface area contributed by atoms with Gasteiger partial charge in [0.05, 0.1) is 0 Å². The molecule has 0 saturated carbocycles. The van der Waals surface area contributed by atoms with Crippen molar-refractivity contribution in [1.29, 1.82) is 0 Å². The minimum absolute atomic E-state index is 0.237. The molecule has 2 amide bonds. The van der Waals surface area contributed by atoms with E-state index in [1.54, 1.807) is 4.90 Å². The first-order chi connectivity index (χ1) is 8.79. The summed E-state index contributed by atoms with van der Waals surface area (Å²) in [7, 11) is 0. The average molecular weight is 270 g/mol. The molecule has 0 aromatic carbocycles. The van der Waals surface area contributed by atoms with E-state index in [1.165, 1.54) is 0 Å². The molecular weight excluding hydrogens is 244 g/mol. The molecule has 1 aliphatic rings. The first kappa shape index (κ1) is 15.8. The van der Waals surface area contributed by atoms with E-state index in [1.807, 2.05) is 13.8 Å². The minimum Gasteiger partial charge on any atom is -0.480 e. The second-order valence-corrected chi connectivity index (χ2v) is 6.32. The molecule has 2 unspecified atom stereocenters. The van der Waals surface area contributed by atoms with Gasteiger partial charge in [0.2, 0.25) is 0 Å². The number of carboxylic acid groups (broad SMARTS) is 1. The Labute approximate surface area is 115 Å². The summed E-state index contributed by atoms with van der Waals surface area (Å²) < 4.78 is 0. The molecule has 1 fully saturated rings. The Balaban J connectivity index is 2.58. The number of amides is 2. The van der Waals surface area contributed by atoms with Crippen molar-refractivity contribution in [2.75, 3.05) is 13.1 Å². The minimum atomic E-state index is -0.958. The van der Waals surface area contributed by atoms with E-state index in [0.717, 1.165) is 6.42 Å². The topological polar surface area (TPSA) is 69.6 Å². The monoisotopic (exact) mass is 270 g/mol. The summed E-state index contributed by atoms with van der Waals surface area (Å²) in [6.45, 7) is 9.58. The number of urea groups is 1. The van der Waals surface area contributed by atoms with Gasteiger partial charge in [-0.2, -0.15) is 0 Å². The van der Waals surface area contributed by atoms with Gasteiger partial charge in [0.1, 0.15) is 6.04 Å². The molecule has 1 aliphatic heterocycles. The van der Waals surface area contributed by atoms with Crippen LogP contribution in [0.2, 0.25) is 0 Å². The Bertz CT molecular complexity index is 321. The van der Waals surface area contributed by atoms with Crippen molar-refractivity contribution in [3.8, 4) is 0 Å². The first-order valence-electron chi connectivity index (χ1n) is 7.07. The maximum atomic E-state index is 12.1. The molecule has 0 aromatic rings. The van der Waals surface area contributed by atoms with Crippen molar-refractivity contribution >= 4 is 12.0 Å². The highest BCUT2D eigenvalue weighted by Crippen LogP contribution is 2.21. The average Bonchev–Trinajstić information content (AvgIpc) is 2.25. The quantitative estimate of drug-likeness (QED) is 0.822. The lowest BCUT2D eigenvalue weighted by Gasteiger charge is -2.35. The number of nitrogens with one attached hydrogen (secondary N) is 1. The Morgan fingerprint density at radius 2 is 1.79 bits per heavy atom. The number of carboxylic acids is 1. The summed E-state index contributed by atoms with van der Waals surface area (Å²) in [6, 6.07) is -1.04. The molecule has 0 aromatic heterocycles. The number of rotatable bonds is 4. The summed E-state index contributed by atoms with van der Waals surface area (Å²) in [4.78, 5) is 25.0. The molecule has 110 valence electrons. The lowest BCUT2D eigenvalue weighted by molar-refractivity contribution is -0.139. The van der Waals surface area contributed by atoms with E-state index in [-0.39, 0.29) is 11.9 Å². The Morgan fingerprint density at radius 3 is 2.21 bits per heavy atom. The maximum Gasteiger partial charge on any atom is 0.326 e. The van der Waals surface area contributed by atoms with Crippen LogP contribution in [0.1, 0.15) is 40.5 Å². The predicted octanol–water partition coefficient (Wildman–Crippen LogP) is 2.17. The third-order valence-electron chi connectivity index (χ3n) is 3.46. The largest absolute Gasteiger partial charge is 0.480 e. The Hall–Kier alpha value is -1.26. The molecule has 2 N–H and O–H groups in total. The molecule has 1 rings (SSSR count). The molecule has 1 saturated heterocycles. The lowest BCUT2D eigenvalue weighted by atomic mass is 9.92. The van der Waals surface area contributed by atoms with Gasteiger partial charge in [-0.05, 0) is 30.6 Å². The van der Waals surface area contributed by atoms with Gasteiger partial charge in [0.15, 0.2) is 0 Å². The standard InChI is InChI=1S/C14H26N2O3/c1-9(2)5-12(13(17)18)15-14(19)16-7-10(3)6-11(4)8-16/h9-12H,5-8H2,1-4H3,(H,15,19)(H,17,18)/t10?,11?,12-/m1/s1. The van der Waals surface area contributed by atoms with Gasteiger partial charge >= 0.3 is 12.0 Å². The van der Waals surface area contributed by atoms with Crippen LogP contribution >= 0.6 is 0 Å². The van der Waals surface area contributed by atoms with Crippen molar-refractivity contribution in [3.63, 3.8) is 0 Å². The van der Waals surface area contributed by atoms with Crippen molar-refractivity contribution < 1.29 is 14.7 Å². The van der Waals surface area contributed by atoms with Crippen LogP contribution in [-0.2, 0) is 4.79 Å². The highest BCUT2D eigenvalue weighted by molar-refractivity contribution is 5.82. The normalized spacial score (nSPS) is 25.2. The third kappa shape index (κ3) is 5.09. The molecule has 5 nitrogen and oxygen atoms in total. The molecule has 3 atom stereocenters. The molecule has 5 heteroatoms. The smallest absolute Gasteiger partial charge is 0.326 e. The van der Waals surface area contributed by atoms with Crippen LogP contribution < -0.4 is 5.32 Å². The third-order valence-corrected chi connectivity index (χ3v) is 3.46. The van der Waals surface area contributed by atoms with Gasteiger partial charge in [-0.15, -0.1) is 0 Å². The van der Waals surface area contributed by atoms with Crippen molar-refractivity contribution in [1.82, 2.24) is 10.2 Å². The van der Waals surface area contributed by atoms with Gasteiger partial charge in [0, 0.05) is 13.1 Å². The van der Waals surface area contributed by atoms with Gasteiger partial charge in [-0.25, -0.2) is 9.59 Å². The second kappa shape index (κ2) is 6.78. The summed E-state index contributed by atoms with van der Waals surface area (Å²) in [6.07, 6.45) is 1.58. The molecule has 0 bridgehead atoms. The SMILES string of the molecule is CC(C)C[C@@H](NC(=O)N1CC(C)CC(C)C1)C(=O)O. The highest BCUT2D eigenvalue weighted by atomic mass is 16.4. The number of nitrogens with zero attached hydrogens (tertiary/aromatic N) is 1. The van der Waals surface area contributed by atoms with E-state index in [9.17, 15) is 9.59 Å². The van der Waals surface area contributed by atoms with Crippen LogP contribution in [0.4, 0.5) is 4.79 Å². The van der Waals surface area contributed by atoms with Crippen LogP contribution in [0.3, 0.4) is 0 Å². The van der Waals surface area contributed by atoms with E-state index < -0.39 is 12.0 Å². The zero-order valence-electron chi connectivity index (χ0n) is 12.3. The highest BCUT2D eigenvalue weighted by Gasteiger charge is 2.28. The van der Waals surface area contributed by atoms with E-state index in [0.29, 0.717) is 31.3 Å². The number of carbonyl (C=O) groups is 2. The number of hydrogen-bond donors (Lipinski definition) is 2. The summed E-state index contributed by atoms with van der Waals surface area (Å²) >= 11 is 0. The number of likely N-dealkylation sites (tertiary alicyclic amines) is 1. The van der Waals surface area contributed by atoms with Crippen molar-refractivity contribution in [2.24, 2.45) is 17.8 Å². The van der Waals surface area contributed by atoms with Crippen molar-refractivity contribution in [2.45, 2.75) is 46.6 Å². The fourth-order valence-electron chi connectivity index (χ4n) is 2.76. The summed E-state index contributed by atoms with van der Waals surface area (Å²) in [5.41, 5.74) is 0. The van der Waals surface area contributed by atoms with Crippen molar-refractivity contribution in [3.05, 3.63) is 0 Å². The van der Waals surface area contributed by atoms with Crippen LogP contribution in [0.15, 0.2) is 0 Å². The molecular formula is C14H26N2O3. The Kier molecular flexibility index (Phi) is 5.63. The second-order valence-electron chi connectivity index (χ2n) is 6.32.